The number of hydrogen-bond donors (Lipinski definition) is 2. The number of likely N-dealkylation sites (N-methyl/N-ethyl adjacent to an activating group) is 1. The number of fused-ring (bicyclic) bond motifs is 1. The van der Waals surface area contributed by atoms with Gasteiger partial charge in [0.1, 0.15) is 5.82 Å². The predicted octanol–water partition coefficient (Wildman–Crippen LogP) is 2.03. The number of aromatic nitrogens is 2. The van der Waals surface area contributed by atoms with E-state index < -0.39 is 0 Å². The Morgan fingerprint density at radius 1 is 1.29 bits per heavy atom. The summed E-state index contributed by atoms with van der Waals surface area (Å²) < 4.78 is 0. The van der Waals surface area contributed by atoms with Gasteiger partial charge < -0.3 is 15.6 Å². The zero-order valence-electron chi connectivity index (χ0n) is 10.5. The SMILES string of the molecule is CCN(CC)CCc1nc2ccc(N)cc2[nH]1. The monoisotopic (exact) mass is 232 g/mol. The fourth-order valence-corrected chi connectivity index (χ4v) is 2.00. The zero-order chi connectivity index (χ0) is 12.3. The Labute approximate surface area is 102 Å². The summed E-state index contributed by atoms with van der Waals surface area (Å²) in [6.45, 7) is 7.58. The maximum Gasteiger partial charge on any atom is 0.108 e. The van der Waals surface area contributed by atoms with Crippen LogP contribution < -0.4 is 5.73 Å². The lowest BCUT2D eigenvalue weighted by Crippen LogP contribution is -2.25. The average molecular weight is 232 g/mol. The number of benzene rings is 1. The number of nitrogen functional groups attached to an aromatic ring is 1. The van der Waals surface area contributed by atoms with Crippen LogP contribution in [0.1, 0.15) is 19.7 Å². The second-order valence-electron chi connectivity index (χ2n) is 4.24. The van der Waals surface area contributed by atoms with Crippen LogP contribution in [0.15, 0.2) is 18.2 Å². The number of imidazole rings is 1. The molecule has 2 aromatic rings. The third-order valence-corrected chi connectivity index (χ3v) is 3.11. The Morgan fingerprint density at radius 3 is 2.76 bits per heavy atom. The van der Waals surface area contributed by atoms with Crippen LogP contribution in [0, 0.1) is 0 Å². The van der Waals surface area contributed by atoms with Crippen LogP contribution in [0.25, 0.3) is 11.0 Å². The third kappa shape index (κ3) is 2.77. The van der Waals surface area contributed by atoms with Crippen LogP contribution >= 0.6 is 0 Å². The number of hydrogen-bond acceptors (Lipinski definition) is 3. The molecule has 0 atom stereocenters. The van der Waals surface area contributed by atoms with Crippen molar-refractivity contribution in [1.82, 2.24) is 14.9 Å². The molecule has 0 bridgehead atoms. The van der Waals surface area contributed by atoms with Crippen LogP contribution in [0.3, 0.4) is 0 Å². The summed E-state index contributed by atoms with van der Waals surface area (Å²) in [6, 6.07) is 5.78. The molecule has 3 N–H and O–H groups in total. The van der Waals surface area contributed by atoms with Gasteiger partial charge >= 0.3 is 0 Å². The van der Waals surface area contributed by atoms with E-state index in [0.717, 1.165) is 48.6 Å². The molecule has 0 saturated heterocycles. The smallest absolute Gasteiger partial charge is 0.108 e. The van der Waals surface area contributed by atoms with Gasteiger partial charge in [0.25, 0.3) is 0 Å². The summed E-state index contributed by atoms with van der Waals surface area (Å²) in [5.74, 6) is 1.04. The summed E-state index contributed by atoms with van der Waals surface area (Å²) in [5.41, 5.74) is 8.54. The van der Waals surface area contributed by atoms with Crippen LogP contribution in [-0.4, -0.2) is 34.5 Å². The molecule has 0 radical (unpaired) electrons. The van der Waals surface area contributed by atoms with Gasteiger partial charge in [-0.25, -0.2) is 4.98 Å². The standard InChI is InChI=1S/C13H20N4/c1-3-17(4-2)8-7-13-15-11-6-5-10(14)9-12(11)16-13/h5-6,9H,3-4,7-8,14H2,1-2H3,(H,15,16). The molecule has 2 rings (SSSR count). The minimum Gasteiger partial charge on any atom is -0.399 e. The van der Waals surface area contributed by atoms with E-state index in [1.54, 1.807) is 0 Å². The van der Waals surface area contributed by atoms with E-state index in [2.05, 4.69) is 28.7 Å². The molecule has 0 fully saturated rings. The highest BCUT2D eigenvalue weighted by Crippen LogP contribution is 2.15. The van der Waals surface area contributed by atoms with Gasteiger partial charge in [0.15, 0.2) is 0 Å². The van der Waals surface area contributed by atoms with Crippen LogP contribution in [0.5, 0.6) is 0 Å². The zero-order valence-corrected chi connectivity index (χ0v) is 10.5. The minimum absolute atomic E-state index is 0.774. The van der Waals surface area contributed by atoms with Crippen molar-refractivity contribution in [2.75, 3.05) is 25.4 Å². The molecule has 0 aliphatic heterocycles. The lowest BCUT2D eigenvalue weighted by atomic mass is 10.3. The Hall–Kier alpha value is -1.55. The summed E-state index contributed by atoms with van der Waals surface area (Å²) in [7, 11) is 0. The molecule has 92 valence electrons. The normalized spacial score (nSPS) is 11.5. The maximum absolute atomic E-state index is 5.74. The van der Waals surface area contributed by atoms with Crippen molar-refractivity contribution in [3.63, 3.8) is 0 Å². The van der Waals surface area contributed by atoms with Crippen molar-refractivity contribution in [3.8, 4) is 0 Å². The van der Waals surface area contributed by atoms with Crippen molar-refractivity contribution in [3.05, 3.63) is 24.0 Å². The van der Waals surface area contributed by atoms with Crippen LogP contribution in [0.4, 0.5) is 5.69 Å². The first-order valence-electron chi connectivity index (χ1n) is 6.19. The van der Waals surface area contributed by atoms with Gasteiger partial charge in [0.2, 0.25) is 0 Å². The molecule has 17 heavy (non-hydrogen) atoms. The van der Waals surface area contributed by atoms with E-state index in [1.165, 1.54) is 0 Å². The van der Waals surface area contributed by atoms with Crippen LogP contribution in [0.2, 0.25) is 0 Å². The summed E-state index contributed by atoms with van der Waals surface area (Å²) >= 11 is 0. The predicted molar refractivity (Wildman–Crippen MR) is 72.0 cm³/mol. The second-order valence-corrected chi connectivity index (χ2v) is 4.24. The highest BCUT2D eigenvalue weighted by Gasteiger charge is 2.05. The van der Waals surface area contributed by atoms with E-state index in [0.29, 0.717) is 0 Å². The van der Waals surface area contributed by atoms with Crippen molar-refractivity contribution in [2.24, 2.45) is 0 Å². The fourth-order valence-electron chi connectivity index (χ4n) is 2.00. The van der Waals surface area contributed by atoms with E-state index in [4.69, 9.17) is 5.73 Å². The summed E-state index contributed by atoms with van der Waals surface area (Å²) in [6.07, 6.45) is 0.955. The second kappa shape index (κ2) is 5.19. The lowest BCUT2D eigenvalue weighted by molar-refractivity contribution is 0.306. The first kappa shape index (κ1) is 11.9. The molecule has 1 aromatic carbocycles. The first-order valence-corrected chi connectivity index (χ1v) is 6.19. The summed E-state index contributed by atoms with van der Waals surface area (Å²) in [5, 5.41) is 0. The minimum atomic E-state index is 0.774. The van der Waals surface area contributed by atoms with Gasteiger partial charge in [0, 0.05) is 18.7 Å². The number of anilines is 1. The number of nitrogens with one attached hydrogen (secondary N) is 1. The molecule has 0 unspecified atom stereocenters. The number of nitrogens with two attached hydrogens (primary N) is 1. The first-order chi connectivity index (χ1) is 8.22. The van der Waals surface area contributed by atoms with E-state index in [9.17, 15) is 0 Å². The van der Waals surface area contributed by atoms with Crippen molar-refractivity contribution < 1.29 is 0 Å². The molecule has 0 amide bonds. The average Bonchev–Trinajstić information content (AvgIpc) is 2.72. The van der Waals surface area contributed by atoms with E-state index in [-0.39, 0.29) is 0 Å². The topological polar surface area (TPSA) is 57.9 Å². The molecular weight excluding hydrogens is 212 g/mol. The summed E-state index contributed by atoms with van der Waals surface area (Å²) in [4.78, 5) is 10.3. The lowest BCUT2D eigenvalue weighted by Gasteiger charge is -2.16. The molecule has 0 aliphatic carbocycles. The molecular formula is C13H20N4. The molecule has 0 saturated carbocycles. The van der Waals surface area contributed by atoms with Crippen molar-refractivity contribution in [1.29, 1.82) is 0 Å². The van der Waals surface area contributed by atoms with Gasteiger partial charge in [-0.2, -0.15) is 0 Å². The Bertz CT molecular complexity index is 485. The van der Waals surface area contributed by atoms with E-state index >= 15 is 0 Å². The maximum atomic E-state index is 5.74. The molecule has 1 heterocycles. The van der Waals surface area contributed by atoms with E-state index in [1.807, 2.05) is 18.2 Å². The number of H-pyrrole nitrogens is 1. The molecule has 0 spiro atoms. The van der Waals surface area contributed by atoms with Gasteiger partial charge in [-0.1, -0.05) is 13.8 Å². The Morgan fingerprint density at radius 2 is 2.06 bits per heavy atom. The van der Waals surface area contributed by atoms with Gasteiger partial charge in [-0.15, -0.1) is 0 Å². The third-order valence-electron chi connectivity index (χ3n) is 3.11. The largest absolute Gasteiger partial charge is 0.399 e. The van der Waals surface area contributed by atoms with Gasteiger partial charge in [-0.3, -0.25) is 0 Å². The molecule has 4 heteroatoms. The van der Waals surface area contributed by atoms with Crippen LogP contribution in [-0.2, 0) is 6.42 Å². The highest BCUT2D eigenvalue weighted by molar-refractivity contribution is 5.78. The molecule has 0 aliphatic rings. The molecule has 1 aromatic heterocycles. The van der Waals surface area contributed by atoms with Crippen molar-refractivity contribution in [2.45, 2.75) is 20.3 Å². The Kier molecular flexibility index (Phi) is 3.64. The van der Waals surface area contributed by atoms with Crippen molar-refractivity contribution >= 4 is 16.7 Å². The Balaban J connectivity index is 2.09. The fraction of sp³-hybridized carbons (Fsp3) is 0.462. The number of nitrogens with zero attached hydrogens (tertiary/aromatic N) is 2. The molecule has 4 nitrogen and oxygen atoms in total. The van der Waals surface area contributed by atoms with Gasteiger partial charge in [-0.05, 0) is 31.3 Å². The number of rotatable bonds is 5. The number of aromatic amines is 1. The van der Waals surface area contributed by atoms with Gasteiger partial charge in [0.05, 0.1) is 11.0 Å². The highest BCUT2D eigenvalue weighted by atomic mass is 15.1. The quantitative estimate of drug-likeness (QED) is 0.775.